The summed E-state index contributed by atoms with van der Waals surface area (Å²) >= 11 is 0. The second-order valence-corrected chi connectivity index (χ2v) is 5.12. The van der Waals surface area contributed by atoms with E-state index in [9.17, 15) is 4.79 Å². The van der Waals surface area contributed by atoms with Crippen molar-refractivity contribution in [2.45, 2.75) is 64.7 Å². The molecule has 0 radical (unpaired) electrons. The van der Waals surface area contributed by atoms with Gasteiger partial charge in [0.2, 0.25) is 0 Å². The van der Waals surface area contributed by atoms with E-state index in [1.165, 1.54) is 12.8 Å². The number of carboxylic acid groups (broad SMARTS) is 1. The number of carbonyl (C=O) groups is 1. The molecular weight excluding hydrogens is 272 g/mol. The fourth-order valence-electron chi connectivity index (χ4n) is 1.74. The maximum absolute atomic E-state index is 10.3. The zero-order chi connectivity index (χ0) is 16.3. The van der Waals surface area contributed by atoms with Crippen LogP contribution >= 0.6 is 0 Å². The van der Waals surface area contributed by atoms with Crippen molar-refractivity contribution in [3.05, 3.63) is 54.3 Å². The van der Waals surface area contributed by atoms with Crippen LogP contribution in [0.1, 0.15) is 64.7 Å². The SMILES string of the molecule is CCCCC=C=CCC=CCC=CCC=CCCCC(=O)O. The Bertz CT molecular complexity index is 407. The molecule has 2 nitrogen and oxygen atoms in total. The summed E-state index contributed by atoms with van der Waals surface area (Å²) in [6.45, 7) is 2.20. The Balaban J connectivity index is 3.49. The predicted octanol–water partition coefficient (Wildman–Crippen LogP) is 5.98. The predicted molar refractivity (Wildman–Crippen MR) is 94.9 cm³/mol. The van der Waals surface area contributed by atoms with Gasteiger partial charge in [0.15, 0.2) is 0 Å². The smallest absolute Gasteiger partial charge is 0.303 e. The molecule has 0 spiro atoms. The van der Waals surface area contributed by atoms with Gasteiger partial charge in [0.05, 0.1) is 0 Å². The quantitative estimate of drug-likeness (QED) is 0.258. The van der Waals surface area contributed by atoms with Crippen LogP contribution in [0.15, 0.2) is 54.3 Å². The highest BCUT2D eigenvalue weighted by atomic mass is 16.4. The van der Waals surface area contributed by atoms with Crippen LogP contribution < -0.4 is 0 Å². The van der Waals surface area contributed by atoms with E-state index in [1.54, 1.807) is 0 Å². The Morgan fingerprint density at radius 1 is 0.864 bits per heavy atom. The summed E-state index contributed by atoms with van der Waals surface area (Å²) in [7, 11) is 0. The molecule has 0 saturated heterocycles. The summed E-state index contributed by atoms with van der Waals surface area (Å²) in [5.74, 6) is -0.716. The Labute approximate surface area is 135 Å². The average molecular weight is 302 g/mol. The molecule has 1 N–H and O–H groups in total. The van der Waals surface area contributed by atoms with Gasteiger partial charge in [-0.15, -0.1) is 5.73 Å². The molecule has 0 aromatic heterocycles. The van der Waals surface area contributed by atoms with E-state index in [0.29, 0.717) is 0 Å². The molecule has 0 aliphatic carbocycles. The number of hydrogen-bond acceptors (Lipinski definition) is 1. The first-order valence-corrected chi connectivity index (χ1v) is 8.33. The zero-order valence-corrected chi connectivity index (χ0v) is 13.8. The summed E-state index contributed by atoms with van der Waals surface area (Å²) < 4.78 is 0. The van der Waals surface area contributed by atoms with Crippen LogP contribution in [0.4, 0.5) is 0 Å². The molecule has 0 saturated carbocycles. The van der Waals surface area contributed by atoms with Crippen molar-refractivity contribution in [3.8, 4) is 0 Å². The zero-order valence-electron chi connectivity index (χ0n) is 13.8. The standard InChI is InChI=1S/C20H30O2/c1-2-3-4-5-6-7-8-9-10-11-12-13-14-15-16-17-18-19-20(21)22/h5,7,9-10,12-13,15-16H,2-4,8,11,14,17-19H2,1H3,(H,21,22). The lowest BCUT2D eigenvalue weighted by Gasteiger charge is -1.89. The summed E-state index contributed by atoms with van der Waals surface area (Å²) in [5.41, 5.74) is 3.20. The number of hydrogen-bond donors (Lipinski definition) is 1. The number of unbranched alkanes of at least 4 members (excludes halogenated alkanes) is 3. The van der Waals surface area contributed by atoms with Gasteiger partial charge in [-0.1, -0.05) is 49.8 Å². The van der Waals surface area contributed by atoms with Gasteiger partial charge in [0.25, 0.3) is 0 Å². The van der Waals surface area contributed by atoms with E-state index in [1.807, 2.05) is 0 Å². The van der Waals surface area contributed by atoms with Crippen LogP contribution in [-0.2, 0) is 4.79 Å². The molecule has 0 rings (SSSR count). The fourth-order valence-corrected chi connectivity index (χ4v) is 1.74. The highest BCUT2D eigenvalue weighted by Crippen LogP contribution is 1.99. The molecule has 0 bridgehead atoms. The average Bonchev–Trinajstić information content (AvgIpc) is 2.50. The molecule has 0 fully saturated rings. The molecule has 0 heterocycles. The number of rotatable bonds is 13. The third kappa shape index (κ3) is 18.2. The molecule has 0 amide bonds. The molecule has 2 heteroatoms. The van der Waals surface area contributed by atoms with Crippen LogP contribution in [0.5, 0.6) is 0 Å². The Morgan fingerprint density at radius 3 is 2.14 bits per heavy atom. The Hall–Kier alpha value is -1.79. The van der Waals surface area contributed by atoms with Crippen molar-refractivity contribution in [2.24, 2.45) is 0 Å². The van der Waals surface area contributed by atoms with Crippen LogP contribution in [0.2, 0.25) is 0 Å². The summed E-state index contributed by atoms with van der Waals surface area (Å²) in [6, 6.07) is 0. The number of allylic oxidation sites excluding steroid dienone is 7. The third-order valence-electron chi connectivity index (χ3n) is 3.00. The van der Waals surface area contributed by atoms with Crippen molar-refractivity contribution < 1.29 is 9.90 Å². The normalized spacial score (nSPS) is 11.3. The summed E-state index contributed by atoms with van der Waals surface area (Å²) in [6.07, 6.45) is 25.2. The third-order valence-corrected chi connectivity index (χ3v) is 3.00. The monoisotopic (exact) mass is 302 g/mol. The van der Waals surface area contributed by atoms with Gasteiger partial charge in [0, 0.05) is 6.42 Å². The van der Waals surface area contributed by atoms with Crippen molar-refractivity contribution >= 4 is 5.97 Å². The highest BCUT2D eigenvalue weighted by Gasteiger charge is 1.92. The molecule has 0 aromatic rings. The lowest BCUT2D eigenvalue weighted by Crippen LogP contribution is -1.92. The second kappa shape index (κ2) is 17.3. The Morgan fingerprint density at radius 2 is 1.50 bits per heavy atom. The fraction of sp³-hybridized carbons (Fsp3) is 0.500. The highest BCUT2D eigenvalue weighted by molar-refractivity contribution is 5.66. The molecule has 0 aliphatic rings. The van der Waals surface area contributed by atoms with Gasteiger partial charge >= 0.3 is 5.97 Å². The lowest BCUT2D eigenvalue weighted by molar-refractivity contribution is -0.137. The van der Waals surface area contributed by atoms with Crippen molar-refractivity contribution in [1.82, 2.24) is 0 Å². The number of aliphatic carboxylic acids is 1. The maximum atomic E-state index is 10.3. The van der Waals surface area contributed by atoms with E-state index >= 15 is 0 Å². The lowest BCUT2D eigenvalue weighted by atomic mass is 10.2. The first-order chi connectivity index (χ1) is 10.8. The van der Waals surface area contributed by atoms with E-state index < -0.39 is 5.97 Å². The molecule has 0 aliphatic heterocycles. The minimum Gasteiger partial charge on any atom is -0.481 e. The summed E-state index contributed by atoms with van der Waals surface area (Å²) in [5, 5.41) is 8.49. The first kappa shape index (κ1) is 20.2. The number of carboxylic acids is 1. The largest absolute Gasteiger partial charge is 0.481 e. The van der Waals surface area contributed by atoms with Crippen LogP contribution in [0, 0.1) is 0 Å². The minimum atomic E-state index is -0.716. The van der Waals surface area contributed by atoms with Crippen LogP contribution in [0.25, 0.3) is 0 Å². The van der Waals surface area contributed by atoms with Crippen molar-refractivity contribution in [2.75, 3.05) is 0 Å². The van der Waals surface area contributed by atoms with Gasteiger partial charge in [-0.2, -0.15) is 0 Å². The van der Waals surface area contributed by atoms with Gasteiger partial charge in [-0.3, -0.25) is 4.79 Å². The first-order valence-electron chi connectivity index (χ1n) is 8.33. The van der Waals surface area contributed by atoms with E-state index in [4.69, 9.17) is 5.11 Å². The van der Waals surface area contributed by atoms with Crippen molar-refractivity contribution in [3.63, 3.8) is 0 Å². The molecule has 0 aromatic carbocycles. The van der Waals surface area contributed by atoms with Crippen LogP contribution in [-0.4, -0.2) is 11.1 Å². The maximum Gasteiger partial charge on any atom is 0.303 e. The Kier molecular flexibility index (Phi) is 15.9. The molecular formula is C20H30O2. The molecule has 0 atom stereocenters. The summed E-state index contributed by atoms with van der Waals surface area (Å²) in [4.78, 5) is 10.3. The van der Waals surface area contributed by atoms with Gasteiger partial charge in [-0.25, -0.2) is 0 Å². The van der Waals surface area contributed by atoms with Gasteiger partial charge in [-0.05, 0) is 57.1 Å². The van der Waals surface area contributed by atoms with Gasteiger partial charge < -0.3 is 5.11 Å². The molecule has 122 valence electrons. The van der Waals surface area contributed by atoms with Gasteiger partial charge in [0.1, 0.15) is 0 Å². The molecule has 0 unspecified atom stereocenters. The van der Waals surface area contributed by atoms with E-state index in [0.717, 1.165) is 38.5 Å². The minimum absolute atomic E-state index is 0.257. The van der Waals surface area contributed by atoms with Crippen LogP contribution in [0.3, 0.4) is 0 Å². The van der Waals surface area contributed by atoms with E-state index in [2.05, 4.69) is 61.3 Å². The van der Waals surface area contributed by atoms with Crippen molar-refractivity contribution in [1.29, 1.82) is 0 Å². The topological polar surface area (TPSA) is 37.3 Å². The van der Waals surface area contributed by atoms with E-state index in [-0.39, 0.29) is 6.42 Å². The second-order valence-electron chi connectivity index (χ2n) is 5.12. The molecule has 22 heavy (non-hydrogen) atoms.